The first-order valence-corrected chi connectivity index (χ1v) is 7.75. The van der Waals surface area contributed by atoms with Gasteiger partial charge in [0.2, 0.25) is 0 Å². The van der Waals surface area contributed by atoms with Crippen molar-refractivity contribution in [1.82, 2.24) is 10.3 Å². The maximum Gasteiger partial charge on any atom is 0.127 e. The van der Waals surface area contributed by atoms with Crippen LogP contribution in [0.25, 0.3) is 10.6 Å². The molecule has 22 heavy (non-hydrogen) atoms. The lowest BCUT2D eigenvalue weighted by atomic mass is 10.2. The molecule has 112 valence electrons. The van der Waals surface area contributed by atoms with E-state index in [1.807, 2.05) is 11.4 Å². The average Bonchev–Trinajstić information content (AvgIpc) is 2.99. The molecule has 3 rings (SSSR count). The number of thiazole rings is 1. The van der Waals surface area contributed by atoms with Gasteiger partial charge in [0.05, 0.1) is 5.69 Å². The minimum absolute atomic E-state index is 0.208. The van der Waals surface area contributed by atoms with Gasteiger partial charge < -0.3 is 5.32 Å². The van der Waals surface area contributed by atoms with Crippen LogP contribution in [0.5, 0.6) is 0 Å². The van der Waals surface area contributed by atoms with Gasteiger partial charge in [0.15, 0.2) is 0 Å². The van der Waals surface area contributed by atoms with E-state index >= 15 is 0 Å². The van der Waals surface area contributed by atoms with E-state index in [-0.39, 0.29) is 11.6 Å². The Morgan fingerprint density at radius 2 is 1.73 bits per heavy atom. The van der Waals surface area contributed by atoms with E-state index in [4.69, 9.17) is 0 Å². The Bertz CT molecular complexity index is 753. The van der Waals surface area contributed by atoms with Crippen molar-refractivity contribution >= 4 is 11.3 Å². The van der Waals surface area contributed by atoms with Crippen molar-refractivity contribution in [3.05, 3.63) is 76.8 Å². The average molecular weight is 316 g/mol. The van der Waals surface area contributed by atoms with Crippen LogP contribution in [0.4, 0.5) is 8.78 Å². The fraction of sp³-hybridized carbons (Fsp3) is 0.118. The van der Waals surface area contributed by atoms with Crippen LogP contribution in [-0.2, 0) is 13.1 Å². The fourth-order valence-corrected chi connectivity index (χ4v) is 2.91. The molecule has 0 bridgehead atoms. The molecule has 1 N–H and O–H groups in total. The third-order valence-electron chi connectivity index (χ3n) is 3.22. The molecule has 0 amide bonds. The van der Waals surface area contributed by atoms with Gasteiger partial charge in [-0.2, -0.15) is 0 Å². The predicted molar refractivity (Wildman–Crippen MR) is 84.5 cm³/mol. The number of benzene rings is 2. The van der Waals surface area contributed by atoms with E-state index < -0.39 is 0 Å². The maximum atomic E-state index is 13.5. The lowest BCUT2D eigenvalue weighted by Gasteiger charge is -2.04. The highest BCUT2D eigenvalue weighted by atomic mass is 32.1. The second-order valence-electron chi connectivity index (χ2n) is 4.85. The van der Waals surface area contributed by atoms with Crippen LogP contribution in [-0.4, -0.2) is 4.98 Å². The van der Waals surface area contributed by atoms with E-state index in [9.17, 15) is 8.78 Å². The standard InChI is InChI=1S/C17H14F2N2S/c18-14-7-5-12(6-8-14)17-21-15(11-22-17)10-20-9-13-3-1-2-4-16(13)19/h1-8,11,20H,9-10H2. The molecule has 1 heterocycles. The Kier molecular flexibility index (Phi) is 4.56. The van der Waals surface area contributed by atoms with Crippen LogP contribution in [0.3, 0.4) is 0 Å². The van der Waals surface area contributed by atoms with Gasteiger partial charge in [-0.15, -0.1) is 11.3 Å². The van der Waals surface area contributed by atoms with Crippen LogP contribution in [0.15, 0.2) is 53.9 Å². The molecule has 0 saturated carbocycles. The minimum atomic E-state index is -0.257. The van der Waals surface area contributed by atoms with E-state index in [0.29, 0.717) is 18.7 Å². The van der Waals surface area contributed by atoms with Crippen LogP contribution < -0.4 is 5.32 Å². The molecule has 0 radical (unpaired) electrons. The maximum absolute atomic E-state index is 13.5. The van der Waals surface area contributed by atoms with Gasteiger partial charge in [-0.05, 0) is 30.3 Å². The smallest absolute Gasteiger partial charge is 0.127 e. The van der Waals surface area contributed by atoms with Gasteiger partial charge in [-0.3, -0.25) is 0 Å². The van der Waals surface area contributed by atoms with E-state index in [1.165, 1.54) is 29.5 Å². The summed E-state index contributed by atoms with van der Waals surface area (Å²) in [5.41, 5.74) is 2.42. The SMILES string of the molecule is Fc1ccc(-c2nc(CNCc3ccccc3F)cs2)cc1. The second-order valence-corrected chi connectivity index (χ2v) is 5.70. The first kappa shape index (κ1) is 14.8. The molecule has 0 atom stereocenters. The zero-order valence-electron chi connectivity index (χ0n) is 11.7. The number of aromatic nitrogens is 1. The highest BCUT2D eigenvalue weighted by molar-refractivity contribution is 7.13. The Balaban J connectivity index is 1.60. The zero-order valence-corrected chi connectivity index (χ0v) is 12.5. The number of nitrogens with zero attached hydrogens (tertiary/aromatic N) is 1. The molecule has 1 aromatic heterocycles. The van der Waals surface area contributed by atoms with Crippen LogP contribution in [0.2, 0.25) is 0 Å². The van der Waals surface area contributed by atoms with Crippen molar-refractivity contribution in [2.24, 2.45) is 0 Å². The topological polar surface area (TPSA) is 24.9 Å². The summed E-state index contributed by atoms with van der Waals surface area (Å²) >= 11 is 1.51. The molecule has 3 aromatic rings. The quantitative estimate of drug-likeness (QED) is 0.755. The van der Waals surface area contributed by atoms with Gasteiger partial charge >= 0.3 is 0 Å². The van der Waals surface area contributed by atoms with Crippen molar-refractivity contribution in [3.63, 3.8) is 0 Å². The van der Waals surface area contributed by atoms with Crippen molar-refractivity contribution in [1.29, 1.82) is 0 Å². The Morgan fingerprint density at radius 3 is 2.50 bits per heavy atom. The minimum Gasteiger partial charge on any atom is -0.307 e. The van der Waals surface area contributed by atoms with Gasteiger partial charge in [-0.25, -0.2) is 13.8 Å². The molecule has 0 aliphatic rings. The molecule has 0 fully saturated rings. The van der Waals surface area contributed by atoms with Crippen molar-refractivity contribution in [3.8, 4) is 10.6 Å². The predicted octanol–water partition coefficient (Wildman–Crippen LogP) is 4.38. The summed E-state index contributed by atoms with van der Waals surface area (Å²) in [6.45, 7) is 1.02. The van der Waals surface area contributed by atoms with Gasteiger partial charge in [-0.1, -0.05) is 18.2 Å². The molecule has 0 aliphatic carbocycles. The summed E-state index contributed by atoms with van der Waals surface area (Å²) in [6.07, 6.45) is 0. The van der Waals surface area contributed by atoms with E-state index in [1.54, 1.807) is 24.3 Å². The number of hydrogen-bond donors (Lipinski definition) is 1. The molecule has 0 spiro atoms. The highest BCUT2D eigenvalue weighted by Gasteiger charge is 2.05. The first-order valence-electron chi connectivity index (χ1n) is 6.87. The van der Waals surface area contributed by atoms with Crippen LogP contribution in [0, 0.1) is 11.6 Å². The lowest BCUT2D eigenvalue weighted by molar-refractivity contribution is 0.586. The molecule has 0 unspecified atom stereocenters. The monoisotopic (exact) mass is 316 g/mol. The first-order chi connectivity index (χ1) is 10.7. The van der Waals surface area contributed by atoms with Crippen LogP contribution >= 0.6 is 11.3 Å². The van der Waals surface area contributed by atoms with Crippen LogP contribution in [0.1, 0.15) is 11.3 Å². The molecule has 5 heteroatoms. The Morgan fingerprint density at radius 1 is 0.955 bits per heavy atom. The normalized spacial score (nSPS) is 10.8. The van der Waals surface area contributed by atoms with Gasteiger partial charge in [0, 0.05) is 29.6 Å². The summed E-state index contributed by atoms with van der Waals surface area (Å²) in [4.78, 5) is 4.50. The second kappa shape index (κ2) is 6.77. The van der Waals surface area contributed by atoms with E-state index in [0.717, 1.165) is 16.3 Å². The Labute approximate surface area is 131 Å². The number of hydrogen-bond acceptors (Lipinski definition) is 3. The summed E-state index contributed by atoms with van der Waals surface area (Å²) in [5, 5.41) is 5.98. The largest absolute Gasteiger partial charge is 0.307 e. The van der Waals surface area contributed by atoms with Gasteiger partial charge in [0.25, 0.3) is 0 Å². The number of rotatable bonds is 5. The fourth-order valence-electron chi connectivity index (χ4n) is 2.08. The third kappa shape index (κ3) is 3.55. The van der Waals surface area contributed by atoms with E-state index in [2.05, 4.69) is 10.3 Å². The number of nitrogens with one attached hydrogen (secondary N) is 1. The summed E-state index contributed by atoms with van der Waals surface area (Å²) < 4.78 is 26.4. The highest BCUT2D eigenvalue weighted by Crippen LogP contribution is 2.23. The molecule has 2 nitrogen and oxygen atoms in total. The number of halogens is 2. The van der Waals surface area contributed by atoms with Crippen molar-refractivity contribution in [2.75, 3.05) is 0 Å². The summed E-state index contributed by atoms with van der Waals surface area (Å²) in [7, 11) is 0. The summed E-state index contributed by atoms with van der Waals surface area (Å²) in [6, 6.07) is 13.0. The van der Waals surface area contributed by atoms with Gasteiger partial charge in [0.1, 0.15) is 16.6 Å². The summed E-state index contributed by atoms with van der Waals surface area (Å²) in [5.74, 6) is -0.465. The molecule has 2 aromatic carbocycles. The third-order valence-corrected chi connectivity index (χ3v) is 4.16. The molecular weight excluding hydrogens is 302 g/mol. The molecule has 0 saturated heterocycles. The molecular formula is C17H14F2N2S. The Hall–Kier alpha value is -2.11. The molecule has 0 aliphatic heterocycles. The van der Waals surface area contributed by atoms with Crippen molar-refractivity contribution < 1.29 is 8.78 Å². The zero-order chi connectivity index (χ0) is 15.4. The lowest BCUT2D eigenvalue weighted by Crippen LogP contribution is -2.13. The van der Waals surface area contributed by atoms with Crippen molar-refractivity contribution in [2.45, 2.75) is 13.1 Å².